The van der Waals surface area contributed by atoms with E-state index in [4.69, 9.17) is 18.9 Å². The molecule has 1 unspecified atom stereocenters. The minimum atomic E-state index is -0.872. The lowest BCUT2D eigenvalue weighted by Crippen LogP contribution is -2.37. The Balaban J connectivity index is 1.74. The van der Waals surface area contributed by atoms with Gasteiger partial charge < -0.3 is 23.5 Å². The lowest BCUT2D eigenvalue weighted by molar-refractivity contribution is -0.141. The number of amides is 1. The zero-order chi connectivity index (χ0) is 21.1. The van der Waals surface area contributed by atoms with Gasteiger partial charge in [-0.05, 0) is 31.2 Å². The second kappa shape index (κ2) is 8.58. The number of nitrogens with zero attached hydrogens (tertiary/aromatic N) is 2. The Kier molecular flexibility index (Phi) is 5.71. The fraction of sp³-hybridized carbons (Fsp3) is 0.286. The number of rotatable bonds is 5. The van der Waals surface area contributed by atoms with Gasteiger partial charge in [-0.3, -0.25) is 9.59 Å². The summed E-state index contributed by atoms with van der Waals surface area (Å²) < 4.78 is 24.4. The van der Waals surface area contributed by atoms with E-state index < -0.39 is 18.0 Å². The Morgan fingerprint density at radius 1 is 1.20 bits per heavy atom. The molecule has 9 heteroatoms. The first-order valence-corrected chi connectivity index (χ1v) is 10.2. The largest absolute Gasteiger partial charge is 0.492 e. The number of esters is 1. The topological polar surface area (TPSA) is 88.4 Å². The average Bonchev–Trinajstić information content (AvgIpc) is 3.11. The molecule has 1 aliphatic heterocycles. The van der Waals surface area contributed by atoms with E-state index in [1.54, 1.807) is 22.8 Å². The van der Waals surface area contributed by atoms with Crippen molar-refractivity contribution in [2.45, 2.75) is 19.6 Å². The van der Waals surface area contributed by atoms with Crippen molar-refractivity contribution in [2.24, 2.45) is 4.99 Å². The summed E-state index contributed by atoms with van der Waals surface area (Å²) in [5, 5.41) is 0. The Morgan fingerprint density at radius 3 is 2.77 bits per heavy atom. The summed E-state index contributed by atoms with van der Waals surface area (Å²) in [6.07, 6.45) is -0.872. The zero-order valence-corrected chi connectivity index (χ0v) is 17.3. The average molecular weight is 428 g/mol. The van der Waals surface area contributed by atoms with Crippen molar-refractivity contribution in [3.05, 3.63) is 47.3 Å². The summed E-state index contributed by atoms with van der Waals surface area (Å²) in [5.41, 5.74) is 0.687. The Hall–Kier alpha value is -3.33. The van der Waals surface area contributed by atoms with Crippen LogP contribution >= 0.6 is 11.3 Å². The van der Waals surface area contributed by atoms with Crippen LogP contribution in [0.4, 0.5) is 0 Å². The number of aromatic nitrogens is 1. The lowest BCUT2D eigenvalue weighted by Gasteiger charge is -2.23. The molecule has 0 N–H and O–H groups in total. The first-order valence-electron chi connectivity index (χ1n) is 9.39. The molecule has 0 aliphatic carbocycles. The van der Waals surface area contributed by atoms with E-state index in [-0.39, 0.29) is 13.2 Å². The number of hydrogen-bond acceptors (Lipinski definition) is 7. The highest BCUT2D eigenvalue weighted by molar-refractivity contribution is 7.16. The van der Waals surface area contributed by atoms with Gasteiger partial charge in [0.05, 0.1) is 18.4 Å². The minimum Gasteiger partial charge on any atom is -0.492 e. The van der Waals surface area contributed by atoms with Crippen LogP contribution in [0.2, 0.25) is 0 Å². The Labute approximate surface area is 176 Å². The molecule has 2 aromatic carbocycles. The van der Waals surface area contributed by atoms with E-state index >= 15 is 0 Å². The molecule has 0 spiro atoms. The van der Waals surface area contributed by atoms with Gasteiger partial charge in [-0.1, -0.05) is 29.5 Å². The quantitative estimate of drug-likeness (QED) is 0.581. The molecule has 0 saturated heterocycles. The first kappa shape index (κ1) is 20.0. The second-order valence-electron chi connectivity index (χ2n) is 6.40. The lowest BCUT2D eigenvalue weighted by atomic mass is 10.2. The van der Waals surface area contributed by atoms with E-state index in [1.165, 1.54) is 18.4 Å². The molecule has 156 valence electrons. The first-order chi connectivity index (χ1) is 14.6. The van der Waals surface area contributed by atoms with Gasteiger partial charge in [0.25, 0.3) is 5.91 Å². The number of fused-ring (bicyclic) bond motifs is 2. The van der Waals surface area contributed by atoms with Crippen molar-refractivity contribution in [3.63, 3.8) is 0 Å². The Bertz CT molecular complexity index is 1170. The third-order valence-electron chi connectivity index (χ3n) is 4.47. The van der Waals surface area contributed by atoms with Crippen molar-refractivity contribution >= 4 is 33.4 Å². The smallest absolute Gasteiger partial charge is 0.325 e. The summed E-state index contributed by atoms with van der Waals surface area (Å²) >= 11 is 1.29. The highest BCUT2D eigenvalue weighted by atomic mass is 32.1. The van der Waals surface area contributed by atoms with Gasteiger partial charge in [-0.25, -0.2) is 0 Å². The summed E-state index contributed by atoms with van der Waals surface area (Å²) in [6, 6.07) is 12.7. The standard InChI is InChI=1S/C21H20N2O6S/c1-3-27-15-9-6-10-17-19(15)23(11-18(24)26-2)21(30-17)22-20(25)16-12-28-13-7-4-5-8-14(13)29-16/h4-10,16H,3,11-12H2,1-2H3. The van der Waals surface area contributed by atoms with Crippen LogP contribution in [0.15, 0.2) is 47.5 Å². The number of benzene rings is 2. The van der Waals surface area contributed by atoms with Gasteiger partial charge >= 0.3 is 5.97 Å². The summed E-state index contributed by atoms with van der Waals surface area (Å²) in [6.45, 7) is 2.30. The zero-order valence-electron chi connectivity index (χ0n) is 16.5. The van der Waals surface area contributed by atoms with Crippen LogP contribution in [0.5, 0.6) is 17.2 Å². The fourth-order valence-corrected chi connectivity index (χ4v) is 4.16. The molecular formula is C21H20N2O6S. The molecule has 1 atom stereocenters. The number of methoxy groups -OCH3 is 1. The van der Waals surface area contributed by atoms with Gasteiger partial charge in [0.15, 0.2) is 16.3 Å². The van der Waals surface area contributed by atoms with Crippen LogP contribution in [-0.4, -0.2) is 42.9 Å². The number of hydrogen-bond donors (Lipinski definition) is 0. The van der Waals surface area contributed by atoms with Crippen LogP contribution in [0.1, 0.15) is 6.92 Å². The highest BCUT2D eigenvalue weighted by Crippen LogP contribution is 2.31. The molecular weight excluding hydrogens is 408 g/mol. The van der Waals surface area contributed by atoms with E-state index in [0.29, 0.717) is 34.2 Å². The molecule has 0 bridgehead atoms. The molecule has 0 radical (unpaired) electrons. The number of ether oxygens (including phenoxy) is 4. The van der Waals surface area contributed by atoms with Crippen LogP contribution in [0.25, 0.3) is 10.2 Å². The third kappa shape index (κ3) is 3.88. The van der Waals surface area contributed by atoms with Gasteiger partial charge in [0.1, 0.15) is 24.4 Å². The van der Waals surface area contributed by atoms with Crippen molar-refractivity contribution in [1.82, 2.24) is 4.57 Å². The van der Waals surface area contributed by atoms with Crippen LogP contribution in [0, 0.1) is 0 Å². The van der Waals surface area contributed by atoms with Crippen molar-refractivity contribution in [1.29, 1.82) is 0 Å². The monoisotopic (exact) mass is 428 g/mol. The molecule has 4 rings (SSSR count). The maximum atomic E-state index is 12.8. The normalized spacial score (nSPS) is 15.8. The van der Waals surface area contributed by atoms with E-state index in [1.807, 2.05) is 31.2 Å². The van der Waals surface area contributed by atoms with Crippen LogP contribution in [-0.2, 0) is 20.9 Å². The molecule has 30 heavy (non-hydrogen) atoms. The van der Waals surface area contributed by atoms with Crippen molar-refractivity contribution in [3.8, 4) is 17.2 Å². The highest BCUT2D eigenvalue weighted by Gasteiger charge is 2.27. The molecule has 0 saturated carbocycles. The van der Waals surface area contributed by atoms with Crippen LogP contribution in [0.3, 0.4) is 0 Å². The van der Waals surface area contributed by atoms with Crippen LogP contribution < -0.4 is 19.0 Å². The number of carbonyl (C=O) groups excluding carboxylic acids is 2. The van der Waals surface area contributed by atoms with Crippen molar-refractivity contribution < 1.29 is 28.5 Å². The second-order valence-corrected chi connectivity index (χ2v) is 7.41. The predicted octanol–water partition coefficient (Wildman–Crippen LogP) is 2.54. The fourth-order valence-electron chi connectivity index (χ4n) is 3.10. The van der Waals surface area contributed by atoms with Gasteiger partial charge in [0, 0.05) is 0 Å². The SMILES string of the molecule is CCOc1cccc2sc(=NC(=O)C3COc4ccccc4O3)n(CC(=O)OC)c12. The summed E-state index contributed by atoms with van der Waals surface area (Å²) in [7, 11) is 1.31. The van der Waals surface area contributed by atoms with Gasteiger partial charge in [0.2, 0.25) is 6.10 Å². The molecule has 8 nitrogen and oxygen atoms in total. The van der Waals surface area contributed by atoms with Gasteiger partial charge in [-0.2, -0.15) is 4.99 Å². The minimum absolute atomic E-state index is 0.0610. The predicted molar refractivity (Wildman–Crippen MR) is 110 cm³/mol. The summed E-state index contributed by atoms with van der Waals surface area (Å²) in [4.78, 5) is 29.5. The Morgan fingerprint density at radius 2 is 2.00 bits per heavy atom. The van der Waals surface area contributed by atoms with E-state index in [2.05, 4.69) is 4.99 Å². The van der Waals surface area contributed by atoms with Crippen molar-refractivity contribution in [2.75, 3.05) is 20.3 Å². The van der Waals surface area contributed by atoms with E-state index in [9.17, 15) is 9.59 Å². The number of para-hydroxylation sites is 3. The maximum Gasteiger partial charge on any atom is 0.325 e. The molecule has 2 heterocycles. The molecule has 1 aromatic heterocycles. The molecule has 0 fully saturated rings. The molecule has 1 aliphatic rings. The van der Waals surface area contributed by atoms with Gasteiger partial charge in [-0.15, -0.1) is 0 Å². The van der Waals surface area contributed by atoms with E-state index in [0.717, 1.165) is 4.70 Å². The number of thiazole rings is 1. The molecule has 3 aromatic rings. The maximum absolute atomic E-state index is 12.8. The molecule has 1 amide bonds. The third-order valence-corrected chi connectivity index (χ3v) is 5.51. The summed E-state index contributed by atoms with van der Waals surface area (Å²) in [5.74, 6) is 0.740. The number of carbonyl (C=O) groups is 2.